The molecule has 0 spiro atoms. The van der Waals surface area contributed by atoms with Gasteiger partial charge in [0.2, 0.25) is 0 Å². The van der Waals surface area contributed by atoms with Gasteiger partial charge in [-0.15, -0.1) is 0 Å². The minimum atomic E-state index is -1.62. The average molecular weight is 391 g/mol. The molecule has 0 aromatic heterocycles. The first-order chi connectivity index (χ1) is 14.0. The maximum atomic E-state index is 12.5. The number of methoxy groups -OCH3 is 1. The van der Waals surface area contributed by atoms with Crippen LogP contribution in [-0.2, 0) is 4.79 Å². The summed E-state index contributed by atoms with van der Waals surface area (Å²) in [5.74, 6) is -1.87. The summed E-state index contributed by atoms with van der Waals surface area (Å²) in [6.45, 7) is 0. The first kappa shape index (κ1) is 19.6. The van der Waals surface area contributed by atoms with Crippen LogP contribution in [-0.4, -0.2) is 29.9 Å². The molecule has 0 heterocycles. The van der Waals surface area contributed by atoms with E-state index in [9.17, 15) is 14.4 Å². The number of aliphatic carboxylic acids is 1. The number of rotatable bonds is 7. The Balaban J connectivity index is 1.94. The molecule has 3 aromatic rings. The van der Waals surface area contributed by atoms with Crippen LogP contribution in [0.5, 0.6) is 17.2 Å². The molecule has 0 atom stereocenters. The molecule has 146 valence electrons. The number of anilines is 1. The number of nitrogens with one attached hydrogen (secondary N) is 1. The topological polar surface area (TPSA) is 102 Å². The van der Waals surface area contributed by atoms with Gasteiger partial charge in [0.05, 0.1) is 18.4 Å². The summed E-state index contributed by atoms with van der Waals surface area (Å²) in [6.07, 6.45) is 0. The van der Waals surface area contributed by atoms with Gasteiger partial charge in [0.25, 0.3) is 11.7 Å². The zero-order chi connectivity index (χ0) is 20.8. The van der Waals surface area contributed by atoms with Crippen LogP contribution in [0.25, 0.3) is 0 Å². The molecule has 2 N–H and O–H groups in total. The Kier molecular flexibility index (Phi) is 5.89. The summed E-state index contributed by atoms with van der Waals surface area (Å²) in [5.41, 5.74) is 0.242. The Morgan fingerprint density at radius 3 is 2.21 bits per heavy atom. The summed E-state index contributed by atoms with van der Waals surface area (Å²) in [5, 5.41) is 11.6. The van der Waals surface area contributed by atoms with Crippen molar-refractivity contribution >= 4 is 23.3 Å². The van der Waals surface area contributed by atoms with E-state index in [0.717, 1.165) is 0 Å². The highest BCUT2D eigenvalue weighted by molar-refractivity contribution is 6.41. The number of Topliss-reactive ketones (excluding diaryl/α,β-unsaturated/α-hetero) is 1. The molecule has 0 fully saturated rings. The molecule has 3 aromatic carbocycles. The Labute approximate surface area is 166 Å². The normalized spacial score (nSPS) is 10.1. The molecule has 0 unspecified atom stereocenters. The van der Waals surface area contributed by atoms with Gasteiger partial charge in [-0.2, -0.15) is 0 Å². The lowest BCUT2D eigenvalue weighted by Gasteiger charge is -2.13. The number of amides is 1. The minimum absolute atomic E-state index is 0.0339. The average Bonchev–Trinajstić information content (AvgIpc) is 2.74. The fourth-order valence-electron chi connectivity index (χ4n) is 2.59. The van der Waals surface area contributed by atoms with Crippen molar-refractivity contribution in [3.05, 3.63) is 83.9 Å². The number of hydrogen-bond donors (Lipinski definition) is 2. The van der Waals surface area contributed by atoms with Crippen molar-refractivity contribution in [2.24, 2.45) is 0 Å². The molecule has 3 rings (SSSR count). The van der Waals surface area contributed by atoms with E-state index in [2.05, 4.69) is 5.32 Å². The largest absolute Gasteiger partial charge is 0.497 e. The highest BCUT2D eigenvalue weighted by Gasteiger charge is 2.21. The fourth-order valence-corrected chi connectivity index (χ4v) is 2.59. The molecule has 7 heteroatoms. The Morgan fingerprint density at radius 2 is 1.52 bits per heavy atom. The zero-order valence-corrected chi connectivity index (χ0v) is 15.4. The second-order valence-corrected chi connectivity index (χ2v) is 5.94. The molecule has 0 bridgehead atoms. The summed E-state index contributed by atoms with van der Waals surface area (Å²) >= 11 is 0. The Morgan fingerprint density at radius 1 is 0.828 bits per heavy atom. The zero-order valence-electron chi connectivity index (χ0n) is 15.4. The van der Waals surface area contributed by atoms with Crippen molar-refractivity contribution < 1.29 is 29.0 Å². The van der Waals surface area contributed by atoms with Crippen molar-refractivity contribution in [1.82, 2.24) is 0 Å². The van der Waals surface area contributed by atoms with Gasteiger partial charge in [-0.3, -0.25) is 9.59 Å². The minimum Gasteiger partial charge on any atom is -0.497 e. The van der Waals surface area contributed by atoms with Gasteiger partial charge >= 0.3 is 5.97 Å². The van der Waals surface area contributed by atoms with Crippen molar-refractivity contribution in [3.8, 4) is 17.2 Å². The summed E-state index contributed by atoms with van der Waals surface area (Å²) in [6, 6.07) is 19.4. The summed E-state index contributed by atoms with van der Waals surface area (Å²) < 4.78 is 10.9. The van der Waals surface area contributed by atoms with Crippen molar-refractivity contribution in [3.63, 3.8) is 0 Å². The van der Waals surface area contributed by atoms with Gasteiger partial charge in [0, 0.05) is 17.7 Å². The number of ether oxygens (including phenoxy) is 2. The first-order valence-corrected chi connectivity index (χ1v) is 8.58. The lowest BCUT2D eigenvalue weighted by molar-refractivity contribution is -0.131. The van der Waals surface area contributed by atoms with E-state index >= 15 is 0 Å². The number of carboxylic acid groups (broad SMARTS) is 1. The number of carbonyl (C=O) groups excluding carboxylic acids is 2. The number of carbonyl (C=O) groups is 3. The van der Waals surface area contributed by atoms with Gasteiger partial charge < -0.3 is 19.9 Å². The number of benzene rings is 3. The van der Waals surface area contributed by atoms with Crippen LogP contribution in [0.3, 0.4) is 0 Å². The van der Waals surface area contributed by atoms with Gasteiger partial charge in [-0.1, -0.05) is 24.3 Å². The molecule has 7 nitrogen and oxygen atoms in total. The molecule has 29 heavy (non-hydrogen) atoms. The SMILES string of the molecule is COc1cccc(Oc2ccc(C(=O)C(=O)O)c(NC(=O)c3ccccc3)c2)c1. The van der Waals surface area contributed by atoms with E-state index in [1.165, 1.54) is 25.3 Å². The lowest BCUT2D eigenvalue weighted by Crippen LogP contribution is -2.18. The third-order valence-electron chi connectivity index (χ3n) is 3.99. The van der Waals surface area contributed by atoms with Crippen molar-refractivity contribution in [1.29, 1.82) is 0 Å². The molecule has 0 saturated carbocycles. The van der Waals surface area contributed by atoms with Gasteiger partial charge in [-0.05, 0) is 36.4 Å². The standard InChI is InChI=1S/C22H17NO6/c1-28-15-8-5-9-16(12-15)29-17-10-11-18(20(24)22(26)27)19(13-17)23-21(25)14-6-3-2-4-7-14/h2-13H,1H3,(H,23,25)(H,26,27). The van der Waals surface area contributed by atoms with Crippen LogP contribution in [0.2, 0.25) is 0 Å². The van der Waals surface area contributed by atoms with Crippen LogP contribution in [0.4, 0.5) is 5.69 Å². The number of carboxylic acids is 1. The molecule has 0 aliphatic rings. The highest BCUT2D eigenvalue weighted by Crippen LogP contribution is 2.29. The monoisotopic (exact) mass is 391 g/mol. The van der Waals surface area contributed by atoms with Gasteiger partial charge in [-0.25, -0.2) is 4.79 Å². The van der Waals surface area contributed by atoms with Crippen LogP contribution in [0, 0.1) is 0 Å². The van der Waals surface area contributed by atoms with E-state index in [1.807, 2.05) is 0 Å². The van der Waals surface area contributed by atoms with Crippen molar-refractivity contribution in [2.45, 2.75) is 0 Å². The molecule has 0 radical (unpaired) electrons. The smallest absolute Gasteiger partial charge is 0.377 e. The highest BCUT2D eigenvalue weighted by atomic mass is 16.5. The second-order valence-electron chi connectivity index (χ2n) is 5.94. The number of ketones is 1. The Hall–Kier alpha value is -4.13. The van der Waals surface area contributed by atoms with E-state index in [-0.39, 0.29) is 11.3 Å². The number of hydrogen-bond acceptors (Lipinski definition) is 5. The maximum Gasteiger partial charge on any atom is 0.377 e. The summed E-state index contributed by atoms with van der Waals surface area (Å²) in [4.78, 5) is 35.7. The fraction of sp³-hybridized carbons (Fsp3) is 0.0455. The van der Waals surface area contributed by atoms with Crippen LogP contribution in [0.1, 0.15) is 20.7 Å². The quantitative estimate of drug-likeness (QED) is 0.466. The van der Waals surface area contributed by atoms with E-state index in [1.54, 1.807) is 54.6 Å². The maximum absolute atomic E-state index is 12.5. The van der Waals surface area contributed by atoms with Crippen LogP contribution in [0.15, 0.2) is 72.8 Å². The summed E-state index contributed by atoms with van der Waals surface area (Å²) in [7, 11) is 1.53. The first-order valence-electron chi connectivity index (χ1n) is 8.58. The van der Waals surface area contributed by atoms with E-state index in [0.29, 0.717) is 22.8 Å². The van der Waals surface area contributed by atoms with Crippen molar-refractivity contribution in [2.75, 3.05) is 12.4 Å². The molecule has 0 saturated heterocycles. The molecule has 0 aliphatic heterocycles. The van der Waals surface area contributed by atoms with Gasteiger partial charge in [0.15, 0.2) is 0 Å². The van der Waals surface area contributed by atoms with Crippen LogP contribution >= 0.6 is 0 Å². The third-order valence-corrected chi connectivity index (χ3v) is 3.99. The van der Waals surface area contributed by atoms with E-state index < -0.39 is 17.7 Å². The predicted octanol–water partition coefficient (Wildman–Crippen LogP) is 4.01. The molecular weight excluding hydrogens is 374 g/mol. The van der Waals surface area contributed by atoms with E-state index in [4.69, 9.17) is 14.6 Å². The predicted molar refractivity (Wildman–Crippen MR) is 106 cm³/mol. The van der Waals surface area contributed by atoms with Gasteiger partial charge in [0.1, 0.15) is 17.2 Å². The molecular formula is C22H17NO6. The Bertz CT molecular complexity index is 1060. The molecule has 0 aliphatic carbocycles. The lowest BCUT2D eigenvalue weighted by atomic mass is 10.1. The second kappa shape index (κ2) is 8.71. The van der Waals surface area contributed by atoms with Crippen LogP contribution < -0.4 is 14.8 Å². The third kappa shape index (κ3) is 4.78. The molecule has 1 amide bonds.